The van der Waals surface area contributed by atoms with Crippen LogP contribution >= 0.6 is 12.6 Å². The van der Waals surface area contributed by atoms with E-state index in [4.69, 9.17) is 0 Å². The highest BCUT2D eigenvalue weighted by Gasteiger charge is 1.65. The molecule has 0 unspecified atom stereocenters. The van der Waals surface area contributed by atoms with Crippen molar-refractivity contribution < 1.29 is 0 Å². The van der Waals surface area contributed by atoms with Gasteiger partial charge in [0.25, 0.3) is 0 Å². The van der Waals surface area contributed by atoms with Crippen molar-refractivity contribution in [1.29, 1.82) is 0 Å². The van der Waals surface area contributed by atoms with Crippen LogP contribution in [0.25, 0.3) is 0 Å². The highest BCUT2D eigenvalue weighted by atomic mass is 32.1. The maximum atomic E-state index is 3.79. The fraction of sp³-hybridized carbons (Fsp3) is 0.250. The molecular formula is C4H7NS. The highest BCUT2D eigenvalue weighted by molar-refractivity contribution is 7.84. The summed E-state index contributed by atoms with van der Waals surface area (Å²) in [5.74, 6) is 0. The average molecular weight is 101 g/mol. The summed E-state index contributed by atoms with van der Waals surface area (Å²) >= 11 is 3.79. The van der Waals surface area contributed by atoms with Gasteiger partial charge in [-0.15, -0.1) is 12.6 Å². The van der Waals surface area contributed by atoms with Gasteiger partial charge in [-0.25, -0.2) is 0 Å². The Hall–Kier alpha value is -0.240. The summed E-state index contributed by atoms with van der Waals surface area (Å²) in [7, 11) is 0. The van der Waals surface area contributed by atoms with E-state index >= 15 is 0 Å². The van der Waals surface area contributed by atoms with Gasteiger partial charge in [-0.3, -0.25) is 4.99 Å². The van der Waals surface area contributed by atoms with E-state index < -0.39 is 0 Å². The summed E-state index contributed by atoms with van der Waals surface area (Å²) in [4.78, 5) is 3.67. The standard InChI is InChI=1S/C4H7NS/c1-3-5-4(2)6/h3,6H,2H2,1H3/b5-3-. The molecule has 2 heteroatoms. The molecule has 0 N–H and O–H groups in total. The van der Waals surface area contributed by atoms with E-state index in [-0.39, 0.29) is 0 Å². The fourth-order valence-corrected chi connectivity index (χ4v) is 0.264. The van der Waals surface area contributed by atoms with Gasteiger partial charge in [0.15, 0.2) is 0 Å². The molecule has 0 amide bonds. The van der Waals surface area contributed by atoms with Crippen molar-refractivity contribution in [2.24, 2.45) is 4.99 Å². The Morgan fingerprint density at radius 2 is 2.50 bits per heavy atom. The van der Waals surface area contributed by atoms with E-state index in [2.05, 4.69) is 24.2 Å². The predicted octanol–water partition coefficient (Wildman–Crippen LogP) is 1.48. The Bertz CT molecular complexity index is 75.6. The molecule has 0 aliphatic heterocycles. The number of nitrogens with zero attached hydrogens (tertiary/aromatic N) is 1. The smallest absolute Gasteiger partial charge is 0.0853 e. The number of aliphatic imine (C=N–C) groups is 1. The minimum Gasteiger partial charge on any atom is -0.256 e. The zero-order valence-corrected chi connectivity index (χ0v) is 4.57. The second kappa shape index (κ2) is 2.97. The first-order valence-electron chi connectivity index (χ1n) is 1.64. The minimum atomic E-state index is 0.553. The van der Waals surface area contributed by atoms with Crippen LogP contribution in [0.4, 0.5) is 0 Å². The third-order valence-corrected chi connectivity index (χ3v) is 0.394. The van der Waals surface area contributed by atoms with E-state index in [1.54, 1.807) is 6.21 Å². The molecule has 0 heterocycles. The van der Waals surface area contributed by atoms with Crippen LogP contribution < -0.4 is 0 Å². The normalized spacial score (nSPS) is 9.67. The van der Waals surface area contributed by atoms with E-state index in [1.807, 2.05) is 6.92 Å². The number of hydrogen-bond acceptors (Lipinski definition) is 2. The molecule has 0 atom stereocenters. The first kappa shape index (κ1) is 5.76. The molecule has 0 aromatic carbocycles. The third kappa shape index (κ3) is 3.76. The lowest BCUT2D eigenvalue weighted by Crippen LogP contribution is -1.56. The average Bonchev–Trinajstić information content (AvgIpc) is 1.35. The van der Waals surface area contributed by atoms with Gasteiger partial charge in [0.05, 0.1) is 5.03 Å². The van der Waals surface area contributed by atoms with Crippen molar-refractivity contribution in [2.75, 3.05) is 0 Å². The Morgan fingerprint density at radius 1 is 2.00 bits per heavy atom. The Balaban J connectivity index is 3.30. The molecule has 1 nitrogen and oxygen atoms in total. The molecule has 34 valence electrons. The molecule has 0 radical (unpaired) electrons. The monoisotopic (exact) mass is 101 g/mol. The van der Waals surface area contributed by atoms with Crippen LogP contribution in [-0.4, -0.2) is 6.21 Å². The molecule has 0 aromatic rings. The first-order chi connectivity index (χ1) is 2.77. The molecule has 0 bridgehead atoms. The van der Waals surface area contributed by atoms with Crippen LogP contribution in [0.2, 0.25) is 0 Å². The highest BCUT2D eigenvalue weighted by Crippen LogP contribution is 1.92. The van der Waals surface area contributed by atoms with E-state index in [9.17, 15) is 0 Å². The van der Waals surface area contributed by atoms with Gasteiger partial charge in [-0.1, -0.05) is 6.58 Å². The lowest BCUT2D eigenvalue weighted by atomic mass is 10.9. The second-order valence-electron chi connectivity index (χ2n) is 0.804. The maximum Gasteiger partial charge on any atom is 0.0853 e. The van der Waals surface area contributed by atoms with E-state index in [0.29, 0.717) is 5.03 Å². The van der Waals surface area contributed by atoms with Gasteiger partial charge in [0.2, 0.25) is 0 Å². The minimum absolute atomic E-state index is 0.553. The lowest BCUT2D eigenvalue weighted by molar-refractivity contribution is 1.56. The SMILES string of the molecule is C=C(S)/N=C\C. The van der Waals surface area contributed by atoms with Gasteiger partial charge in [-0.05, 0) is 6.92 Å². The summed E-state index contributed by atoms with van der Waals surface area (Å²) in [6, 6.07) is 0. The van der Waals surface area contributed by atoms with Gasteiger partial charge in [0, 0.05) is 6.21 Å². The van der Waals surface area contributed by atoms with Crippen molar-refractivity contribution in [3.8, 4) is 0 Å². The Labute approximate surface area is 43.2 Å². The van der Waals surface area contributed by atoms with Gasteiger partial charge in [0.1, 0.15) is 0 Å². The van der Waals surface area contributed by atoms with Gasteiger partial charge in [-0.2, -0.15) is 0 Å². The number of hydrogen-bond donors (Lipinski definition) is 1. The molecule has 0 saturated carbocycles. The van der Waals surface area contributed by atoms with Crippen molar-refractivity contribution in [1.82, 2.24) is 0 Å². The van der Waals surface area contributed by atoms with Crippen LogP contribution in [0.1, 0.15) is 6.92 Å². The Kier molecular flexibility index (Phi) is 2.85. The molecule has 0 fully saturated rings. The zero-order chi connectivity index (χ0) is 4.99. The number of thiol groups is 1. The van der Waals surface area contributed by atoms with Gasteiger partial charge >= 0.3 is 0 Å². The fourth-order valence-electron chi connectivity index (χ4n) is 0.149. The Morgan fingerprint density at radius 3 is 2.50 bits per heavy atom. The summed E-state index contributed by atoms with van der Waals surface area (Å²) in [5.41, 5.74) is 0. The van der Waals surface area contributed by atoms with E-state index in [0.717, 1.165) is 0 Å². The first-order valence-corrected chi connectivity index (χ1v) is 2.08. The summed E-state index contributed by atoms with van der Waals surface area (Å²) < 4.78 is 0. The van der Waals surface area contributed by atoms with Crippen LogP contribution in [0.15, 0.2) is 16.6 Å². The van der Waals surface area contributed by atoms with Crippen LogP contribution in [0, 0.1) is 0 Å². The largest absolute Gasteiger partial charge is 0.256 e. The molecule has 0 aliphatic carbocycles. The molecule has 0 rings (SSSR count). The summed E-state index contributed by atoms with van der Waals surface area (Å²) in [6.45, 7) is 5.23. The quantitative estimate of drug-likeness (QED) is 0.379. The predicted molar refractivity (Wildman–Crippen MR) is 32.3 cm³/mol. The zero-order valence-electron chi connectivity index (χ0n) is 3.68. The molecule has 0 spiro atoms. The molecule has 6 heavy (non-hydrogen) atoms. The second-order valence-corrected chi connectivity index (χ2v) is 1.32. The maximum absolute atomic E-state index is 3.79. The van der Waals surface area contributed by atoms with Gasteiger partial charge < -0.3 is 0 Å². The molecule has 0 saturated heterocycles. The van der Waals surface area contributed by atoms with Crippen molar-refractivity contribution >= 4 is 18.8 Å². The third-order valence-electron chi connectivity index (χ3n) is 0.278. The molecule has 0 aromatic heterocycles. The lowest BCUT2D eigenvalue weighted by Gasteiger charge is -1.75. The summed E-state index contributed by atoms with van der Waals surface area (Å²) in [6.07, 6.45) is 1.65. The van der Waals surface area contributed by atoms with Crippen molar-refractivity contribution in [3.63, 3.8) is 0 Å². The van der Waals surface area contributed by atoms with Crippen LogP contribution in [0.5, 0.6) is 0 Å². The van der Waals surface area contributed by atoms with Crippen molar-refractivity contribution in [3.05, 3.63) is 11.6 Å². The topological polar surface area (TPSA) is 12.4 Å². The molecular weight excluding hydrogens is 94.1 g/mol. The summed E-state index contributed by atoms with van der Waals surface area (Å²) in [5, 5.41) is 0.553. The van der Waals surface area contributed by atoms with Crippen molar-refractivity contribution in [2.45, 2.75) is 6.92 Å². The molecule has 0 aliphatic rings. The number of rotatable bonds is 1. The van der Waals surface area contributed by atoms with E-state index in [1.165, 1.54) is 0 Å². The van der Waals surface area contributed by atoms with Crippen LogP contribution in [-0.2, 0) is 0 Å². The van der Waals surface area contributed by atoms with Crippen LogP contribution in [0.3, 0.4) is 0 Å².